The van der Waals surface area contributed by atoms with Crippen molar-refractivity contribution in [3.63, 3.8) is 0 Å². The second-order valence-corrected chi connectivity index (χ2v) is 3.84. The first-order chi connectivity index (χ1) is 8.13. The first-order valence-corrected chi connectivity index (χ1v) is 5.17. The molecule has 2 aromatic carbocycles. The van der Waals surface area contributed by atoms with Crippen LogP contribution in [0.25, 0.3) is 11.1 Å². The highest BCUT2D eigenvalue weighted by Gasteiger charge is 2.12. The number of hydrogen-bond donors (Lipinski definition) is 1. The van der Waals surface area contributed by atoms with E-state index in [-0.39, 0.29) is 16.9 Å². The summed E-state index contributed by atoms with van der Waals surface area (Å²) in [6.45, 7) is 1.79. The van der Waals surface area contributed by atoms with Crippen LogP contribution in [-0.2, 0) is 0 Å². The van der Waals surface area contributed by atoms with Gasteiger partial charge in [-0.2, -0.15) is 0 Å². The second-order valence-electron chi connectivity index (χ2n) is 3.84. The van der Waals surface area contributed by atoms with Crippen molar-refractivity contribution in [1.29, 1.82) is 0 Å². The minimum absolute atomic E-state index is 0.155. The van der Waals surface area contributed by atoms with Gasteiger partial charge in [0.2, 0.25) is 0 Å². The van der Waals surface area contributed by atoms with Crippen LogP contribution in [0.2, 0.25) is 0 Å². The van der Waals surface area contributed by atoms with Gasteiger partial charge in [-0.1, -0.05) is 24.3 Å². The fourth-order valence-corrected chi connectivity index (χ4v) is 1.71. The summed E-state index contributed by atoms with van der Waals surface area (Å²) in [6, 6.07) is 9.41. The average molecular weight is 230 g/mol. The Morgan fingerprint density at radius 3 is 2.59 bits per heavy atom. The highest BCUT2D eigenvalue weighted by molar-refractivity contribution is 5.85. The van der Waals surface area contributed by atoms with Gasteiger partial charge in [-0.05, 0) is 24.6 Å². The number of hydrogen-bond acceptors (Lipinski definition) is 2. The molecule has 0 heterocycles. The molecular formula is C14H11FO2. The maximum atomic E-state index is 13.8. The number of halogens is 1. The molecule has 0 fully saturated rings. The fraction of sp³-hybridized carbons (Fsp3) is 0.0714. The van der Waals surface area contributed by atoms with Crippen LogP contribution in [0.1, 0.15) is 15.9 Å². The van der Waals surface area contributed by atoms with Gasteiger partial charge in [0.05, 0.1) is 5.56 Å². The van der Waals surface area contributed by atoms with Crippen molar-refractivity contribution in [2.24, 2.45) is 0 Å². The lowest BCUT2D eigenvalue weighted by atomic mass is 10.0. The third-order valence-corrected chi connectivity index (χ3v) is 2.61. The monoisotopic (exact) mass is 230 g/mol. The number of phenols is 1. The molecule has 0 bridgehead atoms. The lowest BCUT2D eigenvalue weighted by molar-refractivity contribution is 0.112. The van der Waals surface area contributed by atoms with Crippen LogP contribution in [0.5, 0.6) is 5.75 Å². The lowest BCUT2D eigenvalue weighted by Crippen LogP contribution is -1.89. The van der Waals surface area contributed by atoms with Crippen LogP contribution < -0.4 is 0 Å². The molecular weight excluding hydrogens is 219 g/mol. The zero-order valence-corrected chi connectivity index (χ0v) is 9.27. The van der Waals surface area contributed by atoms with E-state index in [2.05, 4.69) is 0 Å². The van der Waals surface area contributed by atoms with E-state index in [4.69, 9.17) is 0 Å². The molecule has 0 saturated carbocycles. The predicted molar refractivity (Wildman–Crippen MR) is 63.6 cm³/mol. The SMILES string of the molecule is Cc1ccc(-c2cccc(C=O)c2O)c(F)c1. The molecule has 0 aliphatic heterocycles. The van der Waals surface area contributed by atoms with Crippen molar-refractivity contribution in [3.05, 3.63) is 53.3 Å². The largest absolute Gasteiger partial charge is 0.507 e. The van der Waals surface area contributed by atoms with Crippen LogP contribution in [0.4, 0.5) is 4.39 Å². The van der Waals surface area contributed by atoms with Gasteiger partial charge >= 0.3 is 0 Å². The third-order valence-electron chi connectivity index (χ3n) is 2.61. The van der Waals surface area contributed by atoms with E-state index in [1.54, 1.807) is 31.2 Å². The Morgan fingerprint density at radius 1 is 1.18 bits per heavy atom. The van der Waals surface area contributed by atoms with Crippen molar-refractivity contribution in [2.75, 3.05) is 0 Å². The Bertz CT molecular complexity index is 576. The van der Waals surface area contributed by atoms with Crippen LogP contribution >= 0.6 is 0 Å². The number of benzene rings is 2. The van der Waals surface area contributed by atoms with Crippen molar-refractivity contribution in [2.45, 2.75) is 6.92 Å². The maximum absolute atomic E-state index is 13.8. The summed E-state index contributed by atoms with van der Waals surface area (Å²) in [5, 5.41) is 9.84. The number of aryl methyl sites for hydroxylation is 1. The molecule has 2 rings (SSSR count). The van der Waals surface area contributed by atoms with Gasteiger partial charge in [0, 0.05) is 11.1 Å². The van der Waals surface area contributed by atoms with Crippen LogP contribution in [-0.4, -0.2) is 11.4 Å². The molecule has 0 amide bonds. The maximum Gasteiger partial charge on any atom is 0.153 e. The van der Waals surface area contributed by atoms with Crippen LogP contribution in [0.15, 0.2) is 36.4 Å². The van der Waals surface area contributed by atoms with E-state index < -0.39 is 5.82 Å². The van der Waals surface area contributed by atoms with Crippen molar-refractivity contribution < 1.29 is 14.3 Å². The van der Waals surface area contributed by atoms with Gasteiger partial charge in [0.25, 0.3) is 0 Å². The predicted octanol–water partition coefficient (Wildman–Crippen LogP) is 3.32. The molecule has 0 aromatic heterocycles. The van der Waals surface area contributed by atoms with E-state index in [0.717, 1.165) is 5.56 Å². The van der Waals surface area contributed by atoms with E-state index in [1.807, 2.05) is 0 Å². The van der Waals surface area contributed by atoms with Crippen LogP contribution in [0.3, 0.4) is 0 Å². The summed E-state index contributed by atoms with van der Waals surface area (Å²) >= 11 is 0. The van der Waals surface area contributed by atoms with Gasteiger partial charge in [-0.15, -0.1) is 0 Å². The van der Waals surface area contributed by atoms with Gasteiger partial charge in [-0.25, -0.2) is 4.39 Å². The van der Waals surface area contributed by atoms with Crippen molar-refractivity contribution >= 4 is 6.29 Å². The summed E-state index contributed by atoms with van der Waals surface area (Å²) in [5.41, 5.74) is 1.57. The number of para-hydroxylation sites is 1. The first-order valence-electron chi connectivity index (χ1n) is 5.17. The summed E-state index contributed by atoms with van der Waals surface area (Å²) in [6.07, 6.45) is 0.547. The smallest absolute Gasteiger partial charge is 0.153 e. The Morgan fingerprint density at radius 2 is 1.94 bits per heavy atom. The Kier molecular flexibility index (Phi) is 2.91. The molecule has 0 radical (unpaired) electrons. The molecule has 2 aromatic rings. The summed E-state index contributed by atoms with van der Waals surface area (Å²) in [5.74, 6) is -0.603. The normalized spacial score (nSPS) is 10.2. The van der Waals surface area contributed by atoms with Gasteiger partial charge in [0.1, 0.15) is 11.6 Å². The summed E-state index contributed by atoms with van der Waals surface area (Å²) < 4.78 is 13.8. The van der Waals surface area contributed by atoms with E-state index in [0.29, 0.717) is 11.8 Å². The van der Waals surface area contributed by atoms with Crippen molar-refractivity contribution in [3.8, 4) is 16.9 Å². The molecule has 2 nitrogen and oxygen atoms in total. The number of rotatable bonds is 2. The quantitative estimate of drug-likeness (QED) is 0.803. The standard InChI is InChI=1S/C14H11FO2/c1-9-5-6-11(13(15)7-9)12-4-2-3-10(8-16)14(12)17/h2-8,17H,1H3. The molecule has 3 heteroatoms. The first kappa shape index (κ1) is 11.3. The summed E-state index contributed by atoms with van der Waals surface area (Å²) in [7, 11) is 0. The Balaban J connectivity index is 2.64. The lowest BCUT2D eigenvalue weighted by Gasteiger charge is -2.08. The number of carbonyl (C=O) groups is 1. The molecule has 0 unspecified atom stereocenters. The zero-order chi connectivity index (χ0) is 12.4. The number of phenolic OH excluding ortho intramolecular Hbond substituents is 1. The molecule has 0 aliphatic rings. The zero-order valence-electron chi connectivity index (χ0n) is 9.27. The molecule has 0 saturated heterocycles. The van der Waals surface area contributed by atoms with Crippen molar-refractivity contribution in [1.82, 2.24) is 0 Å². The summed E-state index contributed by atoms with van der Waals surface area (Å²) in [4.78, 5) is 10.7. The third kappa shape index (κ3) is 2.04. The minimum atomic E-state index is -0.414. The Hall–Kier alpha value is -2.16. The van der Waals surface area contributed by atoms with E-state index in [1.165, 1.54) is 12.1 Å². The second kappa shape index (κ2) is 4.37. The molecule has 1 N–H and O–H groups in total. The van der Waals surface area contributed by atoms with E-state index >= 15 is 0 Å². The van der Waals surface area contributed by atoms with Gasteiger partial charge < -0.3 is 5.11 Å². The number of aldehydes is 1. The Labute approximate surface area is 98.3 Å². The molecule has 17 heavy (non-hydrogen) atoms. The molecule has 0 atom stereocenters. The molecule has 86 valence electrons. The highest BCUT2D eigenvalue weighted by Crippen LogP contribution is 2.33. The van der Waals surface area contributed by atoms with Crippen LogP contribution in [0, 0.1) is 12.7 Å². The van der Waals surface area contributed by atoms with Gasteiger partial charge in [0.15, 0.2) is 6.29 Å². The minimum Gasteiger partial charge on any atom is -0.507 e. The number of aromatic hydroxyl groups is 1. The molecule has 0 aliphatic carbocycles. The average Bonchev–Trinajstić information content (AvgIpc) is 2.30. The topological polar surface area (TPSA) is 37.3 Å². The molecule has 0 spiro atoms. The fourth-order valence-electron chi connectivity index (χ4n) is 1.71. The van der Waals surface area contributed by atoms with Gasteiger partial charge in [-0.3, -0.25) is 4.79 Å². The van der Waals surface area contributed by atoms with E-state index in [9.17, 15) is 14.3 Å². The highest BCUT2D eigenvalue weighted by atomic mass is 19.1. The number of carbonyl (C=O) groups excluding carboxylic acids is 1.